The smallest absolute Gasteiger partial charge is 0.306 e. The molecule has 0 aliphatic rings. The first-order valence-electron chi connectivity index (χ1n) is 9.05. The number of carbonyl (C=O) groups excluding carboxylic acids is 3. The topological polar surface area (TPSA) is 81.7 Å². The minimum Gasteiger partial charge on any atom is -0.494 e. The number of Topliss-reactive ketones (excluding diaryl/α,β-unsaturated/α-hetero) is 1. The van der Waals surface area contributed by atoms with E-state index in [4.69, 9.17) is 21.1 Å². The van der Waals surface area contributed by atoms with Crippen molar-refractivity contribution in [2.45, 2.75) is 26.2 Å². The second-order valence-electron chi connectivity index (χ2n) is 6.13. The van der Waals surface area contributed by atoms with Crippen LogP contribution in [0.5, 0.6) is 5.75 Å². The lowest BCUT2D eigenvalue weighted by molar-refractivity contribution is -0.147. The molecule has 0 heterocycles. The first-order valence-corrected chi connectivity index (χ1v) is 10.2. The van der Waals surface area contributed by atoms with Gasteiger partial charge >= 0.3 is 5.97 Å². The van der Waals surface area contributed by atoms with Crippen LogP contribution in [0.15, 0.2) is 46.9 Å². The van der Waals surface area contributed by atoms with Crippen LogP contribution in [0.1, 0.15) is 36.5 Å². The molecule has 2 aromatic rings. The summed E-state index contributed by atoms with van der Waals surface area (Å²) >= 11 is 9.29. The minimum atomic E-state index is -0.627. The van der Waals surface area contributed by atoms with Crippen molar-refractivity contribution < 1.29 is 23.9 Å². The zero-order valence-corrected chi connectivity index (χ0v) is 18.2. The molecule has 0 atom stereocenters. The molecule has 2 aromatic carbocycles. The molecule has 0 unspecified atom stereocenters. The lowest BCUT2D eigenvalue weighted by atomic mass is 10.1. The monoisotopic (exact) mass is 481 g/mol. The number of hydrogen-bond acceptors (Lipinski definition) is 5. The van der Waals surface area contributed by atoms with Gasteiger partial charge in [-0.1, -0.05) is 34.5 Å². The summed E-state index contributed by atoms with van der Waals surface area (Å²) in [5.74, 6) is -0.635. The van der Waals surface area contributed by atoms with Crippen molar-refractivity contribution in [2.75, 3.05) is 18.5 Å². The summed E-state index contributed by atoms with van der Waals surface area (Å²) in [5.41, 5.74) is 0.904. The highest BCUT2D eigenvalue weighted by atomic mass is 79.9. The van der Waals surface area contributed by atoms with Gasteiger partial charge in [-0.3, -0.25) is 14.4 Å². The molecule has 0 aliphatic carbocycles. The number of amides is 1. The summed E-state index contributed by atoms with van der Waals surface area (Å²) in [6, 6.07) is 11.8. The zero-order chi connectivity index (χ0) is 21.2. The SMILES string of the molecule is CCCOc1ccc(C(=O)CCC(=O)OCC(=O)Nc2ccc(Br)cc2Cl)cc1. The van der Waals surface area contributed by atoms with E-state index < -0.39 is 18.5 Å². The second-order valence-corrected chi connectivity index (χ2v) is 7.45. The molecular weight excluding hydrogens is 462 g/mol. The number of anilines is 1. The third-order valence-corrected chi connectivity index (χ3v) is 4.58. The number of benzene rings is 2. The van der Waals surface area contributed by atoms with Crippen molar-refractivity contribution in [1.82, 2.24) is 0 Å². The van der Waals surface area contributed by atoms with Crippen LogP contribution in [-0.4, -0.2) is 30.9 Å². The van der Waals surface area contributed by atoms with Gasteiger partial charge in [-0.25, -0.2) is 0 Å². The van der Waals surface area contributed by atoms with Crippen molar-refractivity contribution in [3.05, 3.63) is 57.5 Å². The fraction of sp³-hybridized carbons (Fsp3) is 0.286. The van der Waals surface area contributed by atoms with Gasteiger partial charge in [0.05, 0.1) is 23.7 Å². The fourth-order valence-electron chi connectivity index (χ4n) is 2.31. The van der Waals surface area contributed by atoms with E-state index in [0.717, 1.165) is 10.9 Å². The number of rotatable bonds is 10. The molecule has 0 aromatic heterocycles. The number of ketones is 1. The summed E-state index contributed by atoms with van der Waals surface area (Å²) in [6.45, 7) is 2.17. The van der Waals surface area contributed by atoms with E-state index in [0.29, 0.717) is 28.6 Å². The predicted molar refractivity (Wildman–Crippen MR) is 115 cm³/mol. The molecule has 0 saturated heterocycles. The zero-order valence-electron chi connectivity index (χ0n) is 15.9. The van der Waals surface area contributed by atoms with Crippen LogP contribution in [0, 0.1) is 0 Å². The minimum absolute atomic E-state index is 0.00580. The molecule has 0 radical (unpaired) electrons. The lowest BCUT2D eigenvalue weighted by Crippen LogP contribution is -2.21. The third kappa shape index (κ3) is 7.87. The molecule has 1 amide bonds. The Morgan fingerprint density at radius 3 is 2.45 bits per heavy atom. The Morgan fingerprint density at radius 1 is 1.07 bits per heavy atom. The highest BCUT2D eigenvalue weighted by Gasteiger charge is 2.13. The number of hydrogen-bond donors (Lipinski definition) is 1. The van der Waals surface area contributed by atoms with Crippen LogP contribution in [0.4, 0.5) is 5.69 Å². The fourth-order valence-corrected chi connectivity index (χ4v) is 3.03. The molecule has 0 bridgehead atoms. The third-order valence-electron chi connectivity index (χ3n) is 3.77. The summed E-state index contributed by atoms with van der Waals surface area (Å²) in [7, 11) is 0. The summed E-state index contributed by atoms with van der Waals surface area (Å²) in [5, 5.41) is 2.91. The normalized spacial score (nSPS) is 10.3. The molecule has 8 heteroatoms. The molecule has 0 spiro atoms. The van der Waals surface area contributed by atoms with E-state index in [1.165, 1.54) is 0 Å². The van der Waals surface area contributed by atoms with Gasteiger partial charge in [-0.2, -0.15) is 0 Å². The standard InChI is InChI=1S/C21H21BrClNO5/c1-2-11-28-16-6-3-14(4-7-16)19(25)9-10-21(27)29-13-20(26)24-18-8-5-15(22)12-17(18)23/h3-8,12H,2,9-11,13H2,1H3,(H,24,26). The predicted octanol–water partition coefficient (Wildman–Crippen LogP) is 5.04. The molecule has 1 N–H and O–H groups in total. The molecular formula is C21H21BrClNO5. The van der Waals surface area contributed by atoms with Gasteiger partial charge in [-0.15, -0.1) is 0 Å². The van der Waals surface area contributed by atoms with Gasteiger partial charge in [0.2, 0.25) is 0 Å². The van der Waals surface area contributed by atoms with Gasteiger partial charge in [0, 0.05) is 16.5 Å². The number of halogens is 2. The van der Waals surface area contributed by atoms with E-state index in [1.807, 2.05) is 6.92 Å². The summed E-state index contributed by atoms with van der Waals surface area (Å²) < 4.78 is 11.2. The number of nitrogens with one attached hydrogen (secondary N) is 1. The molecule has 2 rings (SSSR count). The van der Waals surface area contributed by atoms with Crippen LogP contribution in [0.2, 0.25) is 5.02 Å². The Morgan fingerprint density at radius 2 is 1.79 bits per heavy atom. The van der Waals surface area contributed by atoms with Crippen LogP contribution in [0.3, 0.4) is 0 Å². The van der Waals surface area contributed by atoms with Crippen LogP contribution >= 0.6 is 27.5 Å². The van der Waals surface area contributed by atoms with Crippen LogP contribution in [0.25, 0.3) is 0 Å². The van der Waals surface area contributed by atoms with E-state index in [1.54, 1.807) is 42.5 Å². The maximum absolute atomic E-state index is 12.2. The molecule has 6 nitrogen and oxygen atoms in total. The summed E-state index contributed by atoms with van der Waals surface area (Å²) in [4.78, 5) is 35.9. The molecule has 0 aliphatic heterocycles. The van der Waals surface area contributed by atoms with E-state index in [9.17, 15) is 14.4 Å². The molecule has 154 valence electrons. The van der Waals surface area contributed by atoms with Crippen molar-refractivity contribution in [3.8, 4) is 5.75 Å². The Kier molecular flexibility index (Phi) is 9.15. The van der Waals surface area contributed by atoms with Crippen LogP contribution in [-0.2, 0) is 14.3 Å². The first kappa shape index (κ1) is 22.9. The quantitative estimate of drug-likeness (QED) is 0.379. The van der Waals surface area contributed by atoms with E-state index >= 15 is 0 Å². The molecule has 29 heavy (non-hydrogen) atoms. The second kappa shape index (κ2) is 11.6. The highest BCUT2D eigenvalue weighted by molar-refractivity contribution is 9.10. The summed E-state index contributed by atoms with van der Waals surface area (Å²) in [6.07, 6.45) is 0.782. The lowest BCUT2D eigenvalue weighted by Gasteiger charge is -2.08. The molecule has 0 saturated carbocycles. The van der Waals surface area contributed by atoms with Gasteiger partial charge in [0.15, 0.2) is 12.4 Å². The van der Waals surface area contributed by atoms with Gasteiger partial charge < -0.3 is 14.8 Å². The Labute approximate surface area is 182 Å². The van der Waals surface area contributed by atoms with Gasteiger partial charge in [0.25, 0.3) is 5.91 Å². The van der Waals surface area contributed by atoms with Crippen molar-refractivity contribution >= 4 is 50.9 Å². The largest absolute Gasteiger partial charge is 0.494 e. The van der Waals surface area contributed by atoms with Crippen LogP contribution < -0.4 is 10.1 Å². The number of ether oxygens (including phenoxy) is 2. The maximum Gasteiger partial charge on any atom is 0.306 e. The maximum atomic E-state index is 12.2. The average molecular weight is 483 g/mol. The van der Waals surface area contributed by atoms with E-state index in [-0.39, 0.29) is 18.6 Å². The Balaban J connectivity index is 1.73. The van der Waals surface area contributed by atoms with Crippen molar-refractivity contribution in [1.29, 1.82) is 0 Å². The van der Waals surface area contributed by atoms with Crippen molar-refractivity contribution in [2.24, 2.45) is 0 Å². The Bertz CT molecular complexity index is 870. The van der Waals surface area contributed by atoms with Crippen molar-refractivity contribution in [3.63, 3.8) is 0 Å². The highest BCUT2D eigenvalue weighted by Crippen LogP contribution is 2.25. The number of carbonyl (C=O) groups is 3. The van der Waals surface area contributed by atoms with E-state index in [2.05, 4.69) is 21.2 Å². The van der Waals surface area contributed by atoms with Gasteiger partial charge in [-0.05, 0) is 48.9 Å². The molecule has 0 fully saturated rings. The first-order chi connectivity index (χ1) is 13.9. The average Bonchev–Trinajstić information content (AvgIpc) is 2.71. The Hall–Kier alpha value is -2.38. The number of esters is 1. The van der Waals surface area contributed by atoms with Gasteiger partial charge in [0.1, 0.15) is 5.75 Å².